The van der Waals surface area contributed by atoms with Crippen molar-refractivity contribution in [3.05, 3.63) is 0 Å². The van der Waals surface area contributed by atoms with E-state index in [1.54, 1.807) is 0 Å². The number of hydrogen-bond donors (Lipinski definition) is 1. The molecule has 1 N–H and O–H groups in total. The molecule has 0 fully saturated rings. The van der Waals surface area contributed by atoms with E-state index in [1.807, 2.05) is 0 Å². The van der Waals surface area contributed by atoms with Crippen LogP contribution in [-0.4, -0.2) is 27.7 Å². The molecular formula is C8H14BNO. The van der Waals surface area contributed by atoms with Crippen LogP contribution in [0.5, 0.6) is 0 Å². The highest BCUT2D eigenvalue weighted by atomic mass is 16.5. The Morgan fingerprint density at radius 3 is 2.82 bits per heavy atom. The van der Waals surface area contributed by atoms with Crippen molar-refractivity contribution in [2.24, 2.45) is 0 Å². The molecule has 0 saturated heterocycles. The van der Waals surface area contributed by atoms with Crippen LogP contribution in [-0.2, 0) is 4.74 Å². The molecule has 0 unspecified atom stereocenters. The molecule has 0 aromatic rings. The van der Waals surface area contributed by atoms with Gasteiger partial charge in [-0.2, -0.15) is 0 Å². The van der Waals surface area contributed by atoms with Gasteiger partial charge in [0.2, 0.25) is 0 Å². The van der Waals surface area contributed by atoms with Gasteiger partial charge < -0.3 is 9.96 Å². The minimum atomic E-state index is 0.426. The number of unbranched alkanes of at least 4 members (excludes halogenated alkanes) is 2. The Morgan fingerprint density at radius 1 is 1.36 bits per heavy atom. The van der Waals surface area contributed by atoms with E-state index < -0.39 is 0 Å². The van der Waals surface area contributed by atoms with Gasteiger partial charge in [0, 0.05) is 6.61 Å². The average molecular weight is 151 g/mol. The molecule has 0 aromatic heterocycles. The highest BCUT2D eigenvalue weighted by molar-refractivity contribution is 6.04. The van der Waals surface area contributed by atoms with Crippen molar-refractivity contribution >= 4 is 7.98 Å². The SMILES string of the molecule is [B]NCCCCCOCC#C. The first-order chi connectivity index (χ1) is 5.41. The van der Waals surface area contributed by atoms with Crippen molar-refractivity contribution in [1.82, 2.24) is 5.23 Å². The molecule has 0 atom stereocenters. The molecule has 0 spiro atoms. The first kappa shape index (κ1) is 10.5. The summed E-state index contributed by atoms with van der Waals surface area (Å²) in [5.41, 5.74) is 0. The maximum Gasteiger partial charge on any atom is 0.177 e. The number of ether oxygens (including phenoxy) is 1. The molecule has 0 heterocycles. The van der Waals surface area contributed by atoms with Gasteiger partial charge in [-0.25, -0.2) is 0 Å². The van der Waals surface area contributed by atoms with Gasteiger partial charge in [0.25, 0.3) is 0 Å². The van der Waals surface area contributed by atoms with E-state index in [2.05, 4.69) is 11.1 Å². The molecule has 0 aliphatic heterocycles. The molecule has 0 amide bonds. The molecule has 0 rings (SSSR count). The summed E-state index contributed by atoms with van der Waals surface area (Å²) in [5, 5.41) is 2.60. The van der Waals surface area contributed by atoms with Gasteiger partial charge in [-0.3, -0.25) is 0 Å². The van der Waals surface area contributed by atoms with E-state index >= 15 is 0 Å². The summed E-state index contributed by atoms with van der Waals surface area (Å²) in [6, 6.07) is 0. The Balaban J connectivity index is 2.75. The molecular weight excluding hydrogens is 137 g/mol. The van der Waals surface area contributed by atoms with Gasteiger partial charge in [-0.05, 0) is 25.8 Å². The molecule has 0 aromatic carbocycles. The Morgan fingerprint density at radius 2 is 2.18 bits per heavy atom. The van der Waals surface area contributed by atoms with Gasteiger partial charge in [-0.1, -0.05) is 5.92 Å². The zero-order valence-corrected chi connectivity index (χ0v) is 6.81. The standard InChI is InChI=1S/C8H14BNO/c1-2-7-11-8-5-3-4-6-10-9/h1,10H,3-8H2. The lowest BCUT2D eigenvalue weighted by Crippen LogP contribution is -2.09. The van der Waals surface area contributed by atoms with Crippen molar-refractivity contribution in [2.75, 3.05) is 19.8 Å². The highest BCUT2D eigenvalue weighted by Crippen LogP contribution is 1.93. The highest BCUT2D eigenvalue weighted by Gasteiger charge is 1.87. The second kappa shape index (κ2) is 9.54. The van der Waals surface area contributed by atoms with Crippen LogP contribution in [0.25, 0.3) is 0 Å². The third-order valence-corrected chi connectivity index (χ3v) is 1.30. The number of nitrogens with one attached hydrogen (secondary N) is 1. The summed E-state index contributed by atoms with van der Waals surface area (Å²) in [6.07, 6.45) is 8.28. The fourth-order valence-corrected chi connectivity index (χ4v) is 0.739. The summed E-state index contributed by atoms with van der Waals surface area (Å²) in [4.78, 5) is 0. The van der Waals surface area contributed by atoms with Crippen LogP contribution in [0.4, 0.5) is 0 Å². The molecule has 11 heavy (non-hydrogen) atoms. The number of terminal acetylenes is 1. The van der Waals surface area contributed by atoms with E-state index in [-0.39, 0.29) is 0 Å². The lowest BCUT2D eigenvalue weighted by atomic mass is 10.2. The van der Waals surface area contributed by atoms with E-state index in [0.29, 0.717) is 6.61 Å². The predicted molar refractivity (Wildman–Crippen MR) is 47.3 cm³/mol. The normalized spacial score (nSPS) is 9.36. The summed E-state index contributed by atoms with van der Waals surface area (Å²) < 4.78 is 5.08. The second-order valence-electron chi connectivity index (χ2n) is 2.27. The summed E-state index contributed by atoms with van der Waals surface area (Å²) in [7, 11) is 5.08. The Labute approximate surface area is 70.1 Å². The van der Waals surface area contributed by atoms with E-state index in [9.17, 15) is 0 Å². The second-order valence-corrected chi connectivity index (χ2v) is 2.27. The van der Waals surface area contributed by atoms with Gasteiger partial charge >= 0.3 is 0 Å². The topological polar surface area (TPSA) is 21.3 Å². The van der Waals surface area contributed by atoms with Crippen molar-refractivity contribution in [3.63, 3.8) is 0 Å². The maximum atomic E-state index is 5.08. The van der Waals surface area contributed by atoms with Crippen molar-refractivity contribution in [2.45, 2.75) is 19.3 Å². The predicted octanol–water partition coefficient (Wildman–Crippen LogP) is 0.480. The first-order valence-corrected chi connectivity index (χ1v) is 3.86. The first-order valence-electron chi connectivity index (χ1n) is 3.86. The van der Waals surface area contributed by atoms with Gasteiger partial charge in [0.15, 0.2) is 7.98 Å². The Bertz CT molecular complexity index is 111. The molecule has 0 aliphatic rings. The average Bonchev–Trinajstić information content (AvgIpc) is 2.03. The molecule has 0 aliphatic carbocycles. The minimum Gasteiger partial charge on any atom is -0.369 e. The van der Waals surface area contributed by atoms with Crippen LogP contribution < -0.4 is 5.23 Å². The number of hydrogen-bond acceptors (Lipinski definition) is 2. The van der Waals surface area contributed by atoms with Gasteiger partial charge in [-0.15, -0.1) is 6.42 Å². The molecule has 2 nitrogen and oxygen atoms in total. The summed E-state index contributed by atoms with van der Waals surface area (Å²) >= 11 is 0. The molecule has 2 radical (unpaired) electrons. The molecule has 0 bridgehead atoms. The molecule has 0 saturated carbocycles. The van der Waals surface area contributed by atoms with Crippen LogP contribution in [0.1, 0.15) is 19.3 Å². The Kier molecular flexibility index (Phi) is 9.15. The lowest BCUT2D eigenvalue weighted by Gasteiger charge is -2.00. The third-order valence-electron chi connectivity index (χ3n) is 1.30. The minimum absolute atomic E-state index is 0.426. The molecule has 3 heteroatoms. The van der Waals surface area contributed by atoms with E-state index in [1.165, 1.54) is 0 Å². The van der Waals surface area contributed by atoms with E-state index in [4.69, 9.17) is 19.1 Å². The fraction of sp³-hybridized carbons (Fsp3) is 0.750. The summed E-state index contributed by atoms with van der Waals surface area (Å²) in [5.74, 6) is 2.42. The summed E-state index contributed by atoms with van der Waals surface area (Å²) in [6.45, 7) is 2.05. The van der Waals surface area contributed by atoms with Crippen LogP contribution in [0.2, 0.25) is 0 Å². The largest absolute Gasteiger partial charge is 0.369 e. The Hall–Kier alpha value is -0.455. The fourth-order valence-electron chi connectivity index (χ4n) is 0.739. The zero-order valence-electron chi connectivity index (χ0n) is 6.81. The monoisotopic (exact) mass is 151 g/mol. The van der Waals surface area contributed by atoms with Crippen LogP contribution in [0.3, 0.4) is 0 Å². The quantitative estimate of drug-likeness (QED) is 0.324. The van der Waals surface area contributed by atoms with Crippen LogP contribution >= 0.6 is 0 Å². The number of rotatable bonds is 7. The smallest absolute Gasteiger partial charge is 0.177 e. The van der Waals surface area contributed by atoms with E-state index in [0.717, 1.165) is 32.4 Å². The van der Waals surface area contributed by atoms with Crippen molar-refractivity contribution in [1.29, 1.82) is 0 Å². The lowest BCUT2D eigenvalue weighted by molar-refractivity contribution is 0.162. The van der Waals surface area contributed by atoms with Crippen molar-refractivity contribution < 1.29 is 4.74 Å². The van der Waals surface area contributed by atoms with Crippen LogP contribution in [0, 0.1) is 12.3 Å². The molecule has 60 valence electrons. The van der Waals surface area contributed by atoms with Gasteiger partial charge in [0.05, 0.1) is 0 Å². The maximum absolute atomic E-state index is 5.08. The zero-order chi connectivity index (χ0) is 8.36. The third kappa shape index (κ3) is 9.54. The van der Waals surface area contributed by atoms with Crippen LogP contribution in [0.15, 0.2) is 0 Å². The van der Waals surface area contributed by atoms with Crippen molar-refractivity contribution in [3.8, 4) is 12.3 Å². The van der Waals surface area contributed by atoms with Gasteiger partial charge in [0.1, 0.15) is 6.61 Å².